The molecule has 2 N–H and O–H groups in total. The van der Waals surface area contributed by atoms with Gasteiger partial charge in [-0.15, -0.1) is 12.4 Å². The highest BCUT2D eigenvalue weighted by atomic mass is 35.5. The number of halogens is 2. The fourth-order valence-electron chi connectivity index (χ4n) is 3.06. The number of ether oxygens (including phenoxy) is 1. The number of hydrogen-bond acceptors (Lipinski definition) is 3. The first kappa shape index (κ1) is 16.0. The van der Waals surface area contributed by atoms with Crippen molar-refractivity contribution in [3.63, 3.8) is 0 Å². The number of amides is 1. The van der Waals surface area contributed by atoms with Gasteiger partial charge < -0.3 is 15.4 Å². The monoisotopic (exact) mass is 314 g/mol. The summed E-state index contributed by atoms with van der Waals surface area (Å²) in [5, 5.41) is 5.90. The van der Waals surface area contributed by atoms with E-state index >= 15 is 0 Å². The van der Waals surface area contributed by atoms with Crippen LogP contribution in [0.5, 0.6) is 0 Å². The lowest BCUT2D eigenvalue weighted by atomic mass is 9.98. The Kier molecular flexibility index (Phi) is 5.42. The molecular formula is C15H20ClFN2O2. The number of benzene rings is 1. The molecule has 1 aromatic rings. The van der Waals surface area contributed by atoms with Crippen molar-refractivity contribution >= 4 is 18.5 Å². The molecule has 1 amide bonds. The molecule has 2 aliphatic rings. The van der Waals surface area contributed by atoms with Gasteiger partial charge in [0.05, 0.1) is 6.04 Å². The normalized spacial score (nSPS) is 30.3. The highest BCUT2D eigenvalue weighted by Crippen LogP contribution is 2.29. The maximum atomic E-state index is 14.1. The van der Waals surface area contributed by atoms with E-state index in [-0.39, 0.29) is 25.1 Å². The first-order valence-corrected chi connectivity index (χ1v) is 7.10. The second-order valence-electron chi connectivity index (χ2n) is 5.54. The summed E-state index contributed by atoms with van der Waals surface area (Å²) < 4.78 is 19.3. The molecule has 2 fully saturated rings. The van der Waals surface area contributed by atoms with Crippen LogP contribution >= 0.6 is 12.4 Å². The third-order valence-electron chi connectivity index (χ3n) is 4.10. The van der Waals surface area contributed by atoms with E-state index in [1.54, 1.807) is 0 Å². The van der Waals surface area contributed by atoms with Crippen molar-refractivity contribution in [2.24, 2.45) is 0 Å². The predicted molar refractivity (Wildman–Crippen MR) is 80.3 cm³/mol. The predicted octanol–water partition coefficient (Wildman–Crippen LogP) is 2.57. The van der Waals surface area contributed by atoms with Crippen LogP contribution in [-0.2, 0) is 11.3 Å². The zero-order valence-electron chi connectivity index (χ0n) is 11.6. The quantitative estimate of drug-likeness (QED) is 0.901. The van der Waals surface area contributed by atoms with Crippen molar-refractivity contribution in [1.29, 1.82) is 0 Å². The molecule has 6 heteroatoms. The van der Waals surface area contributed by atoms with E-state index in [9.17, 15) is 9.18 Å². The summed E-state index contributed by atoms with van der Waals surface area (Å²) in [6.45, 7) is 0.210. The summed E-state index contributed by atoms with van der Waals surface area (Å²) in [5.74, 6) is 0. The van der Waals surface area contributed by atoms with Gasteiger partial charge in [-0.2, -0.15) is 0 Å². The molecule has 0 spiro atoms. The summed E-state index contributed by atoms with van der Waals surface area (Å²) in [7, 11) is 0. The van der Waals surface area contributed by atoms with Crippen LogP contribution in [0, 0.1) is 0 Å². The smallest absolute Gasteiger partial charge is 0.407 e. The van der Waals surface area contributed by atoms with Crippen LogP contribution in [0.2, 0.25) is 0 Å². The third-order valence-corrected chi connectivity index (χ3v) is 4.10. The van der Waals surface area contributed by atoms with Crippen LogP contribution in [0.25, 0.3) is 0 Å². The largest absolute Gasteiger partial charge is 0.445 e. The Hall–Kier alpha value is -1.33. The fourth-order valence-corrected chi connectivity index (χ4v) is 3.06. The van der Waals surface area contributed by atoms with Gasteiger partial charge in [-0.05, 0) is 24.8 Å². The van der Waals surface area contributed by atoms with E-state index in [1.165, 1.54) is 0 Å². The standard InChI is InChI=1S/C15H19FN2O2.ClH/c16-14-12-7-6-11(17-12)8-13(14)18-15(19)20-9-10-4-2-1-3-5-10;/h1-5,11-14,17H,6-9H2,(H,18,19);1H/t11-,12+,13+,14-;/m1./s1. The second-order valence-corrected chi connectivity index (χ2v) is 5.54. The Morgan fingerprint density at radius 1 is 1.33 bits per heavy atom. The zero-order valence-corrected chi connectivity index (χ0v) is 12.4. The van der Waals surface area contributed by atoms with Crippen LogP contribution in [0.3, 0.4) is 0 Å². The number of hydrogen-bond donors (Lipinski definition) is 2. The Labute approximate surface area is 129 Å². The maximum absolute atomic E-state index is 14.1. The molecule has 116 valence electrons. The minimum absolute atomic E-state index is 0. The number of carbonyl (C=O) groups excluding carboxylic acids is 1. The summed E-state index contributed by atoms with van der Waals surface area (Å²) in [6, 6.07) is 9.22. The Bertz CT molecular complexity index is 474. The number of piperidine rings is 1. The summed E-state index contributed by atoms with van der Waals surface area (Å²) >= 11 is 0. The molecule has 3 rings (SSSR count). The number of alkyl halides is 1. The second kappa shape index (κ2) is 7.09. The van der Waals surface area contributed by atoms with Crippen LogP contribution in [0.1, 0.15) is 24.8 Å². The average molecular weight is 315 g/mol. The summed E-state index contributed by atoms with van der Waals surface area (Å²) in [4.78, 5) is 11.7. The van der Waals surface area contributed by atoms with E-state index in [0.717, 1.165) is 18.4 Å². The number of carbonyl (C=O) groups is 1. The Morgan fingerprint density at radius 3 is 2.86 bits per heavy atom. The number of nitrogens with one attached hydrogen (secondary N) is 2. The molecule has 2 aliphatic heterocycles. The molecule has 21 heavy (non-hydrogen) atoms. The van der Waals surface area contributed by atoms with Crippen LogP contribution in [0.15, 0.2) is 30.3 Å². The molecule has 0 radical (unpaired) electrons. The molecule has 1 aromatic carbocycles. The molecule has 2 heterocycles. The van der Waals surface area contributed by atoms with Gasteiger partial charge in [0.25, 0.3) is 0 Å². The molecule has 0 unspecified atom stereocenters. The summed E-state index contributed by atoms with van der Waals surface area (Å²) in [5.41, 5.74) is 0.921. The molecule has 4 atom stereocenters. The molecular weight excluding hydrogens is 295 g/mol. The highest BCUT2D eigenvalue weighted by Gasteiger charge is 2.42. The van der Waals surface area contributed by atoms with Gasteiger partial charge in [0.15, 0.2) is 0 Å². The fraction of sp³-hybridized carbons (Fsp3) is 0.533. The van der Waals surface area contributed by atoms with E-state index < -0.39 is 18.3 Å². The first-order valence-electron chi connectivity index (χ1n) is 7.10. The lowest BCUT2D eigenvalue weighted by Crippen LogP contribution is -2.56. The van der Waals surface area contributed by atoms with Gasteiger partial charge in [0, 0.05) is 12.1 Å². The van der Waals surface area contributed by atoms with Gasteiger partial charge in [0.1, 0.15) is 12.8 Å². The zero-order chi connectivity index (χ0) is 13.9. The van der Waals surface area contributed by atoms with E-state index in [1.807, 2.05) is 30.3 Å². The van der Waals surface area contributed by atoms with E-state index in [4.69, 9.17) is 4.74 Å². The van der Waals surface area contributed by atoms with Gasteiger partial charge in [-0.25, -0.2) is 9.18 Å². The minimum atomic E-state index is -1.03. The maximum Gasteiger partial charge on any atom is 0.407 e. The van der Waals surface area contributed by atoms with Gasteiger partial charge in [-0.3, -0.25) is 0 Å². The topological polar surface area (TPSA) is 50.4 Å². The van der Waals surface area contributed by atoms with Crippen molar-refractivity contribution in [3.05, 3.63) is 35.9 Å². The lowest BCUT2D eigenvalue weighted by Gasteiger charge is -2.32. The number of fused-ring (bicyclic) bond motifs is 2. The Balaban J connectivity index is 0.00000161. The van der Waals surface area contributed by atoms with Crippen molar-refractivity contribution < 1.29 is 13.9 Å². The number of rotatable bonds is 3. The highest BCUT2D eigenvalue weighted by molar-refractivity contribution is 5.85. The van der Waals surface area contributed by atoms with Crippen molar-refractivity contribution in [2.75, 3.05) is 0 Å². The van der Waals surface area contributed by atoms with Crippen LogP contribution in [0.4, 0.5) is 9.18 Å². The van der Waals surface area contributed by atoms with E-state index in [2.05, 4.69) is 10.6 Å². The first-order chi connectivity index (χ1) is 9.72. The van der Waals surface area contributed by atoms with Crippen molar-refractivity contribution in [2.45, 2.75) is 50.2 Å². The minimum Gasteiger partial charge on any atom is -0.445 e. The van der Waals surface area contributed by atoms with Gasteiger partial charge in [-0.1, -0.05) is 30.3 Å². The molecule has 4 nitrogen and oxygen atoms in total. The van der Waals surface area contributed by atoms with Gasteiger partial charge >= 0.3 is 6.09 Å². The molecule has 0 aromatic heterocycles. The molecule has 0 aliphatic carbocycles. The summed E-state index contributed by atoms with van der Waals surface area (Å²) in [6.07, 6.45) is 0.907. The molecule has 0 saturated carbocycles. The molecule has 2 saturated heterocycles. The molecule has 2 bridgehead atoms. The van der Waals surface area contributed by atoms with Gasteiger partial charge in [0.2, 0.25) is 0 Å². The lowest BCUT2D eigenvalue weighted by molar-refractivity contribution is 0.111. The van der Waals surface area contributed by atoms with Crippen LogP contribution < -0.4 is 10.6 Å². The van der Waals surface area contributed by atoms with Crippen LogP contribution in [-0.4, -0.2) is 30.4 Å². The van der Waals surface area contributed by atoms with Crippen molar-refractivity contribution in [3.8, 4) is 0 Å². The van der Waals surface area contributed by atoms with Crippen molar-refractivity contribution in [1.82, 2.24) is 10.6 Å². The number of alkyl carbamates (subject to hydrolysis) is 1. The SMILES string of the molecule is Cl.O=C(N[C@H]1C[C@H]2CC[C@H](N2)[C@H]1F)OCc1ccccc1. The third kappa shape index (κ3) is 3.86. The average Bonchev–Trinajstić information content (AvgIpc) is 2.88. The Morgan fingerprint density at radius 2 is 2.10 bits per heavy atom. The van der Waals surface area contributed by atoms with E-state index in [0.29, 0.717) is 12.5 Å².